The Bertz CT molecular complexity index is 549. The maximum Gasteiger partial charge on any atom is 0.257 e. The zero-order valence-corrected chi connectivity index (χ0v) is 10.4. The number of oxazole rings is 1. The summed E-state index contributed by atoms with van der Waals surface area (Å²) in [4.78, 5) is 26.1. The molecule has 6 nitrogen and oxygen atoms in total. The highest BCUT2D eigenvalue weighted by atomic mass is 32.2. The molecule has 1 heterocycles. The Kier molecular flexibility index (Phi) is 3.83. The number of hydrogen-bond donors (Lipinski definition) is 2. The molecule has 18 heavy (non-hydrogen) atoms. The number of thioether (sulfide) groups is 1. The van der Waals surface area contributed by atoms with E-state index < -0.39 is 0 Å². The van der Waals surface area contributed by atoms with Crippen molar-refractivity contribution in [2.75, 3.05) is 5.75 Å². The number of aromatic nitrogens is 1. The minimum Gasteiger partial charge on any atom is -0.431 e. The molecule has 7 heteroatoms. The third-order valence-electron chi connectivity index (χ3n) is 1.98. The minimum atomic E-state index is -0.324. The number of para-hydroxylation sites is 2. The fraction of sp³-hybridized carbons (Fsp3) is 0.182. The average molecular weight is 265 g/mol. The predicted molar refractivity (Wildman–Crippen MR) is 66.7 cm³/mol. The van der Waals surface area contributed by atoms with E-state index in [9.17, 15) is 9.59 Å². The molecule has 1 aromatic carbocycles. The Morgan fingerprint density at radius 1 is 1.33 bits per heavy atom. The van der Waals surface area contributed by atoms with Gasteiger partial charge in [0.1, 0.15) is 5.52 Å². The molecule has 0 aliphatic heterocycles. The number of rotatable bonds is 3. The van der Waals surface area contributed by atoms with Crippen LogP contribution in [0.1, 0.15) is 6.92 Å². The number of nitrogens with one attached hydrogen (secondary N) is 2. The standard InChI is InChI=1S/C11H11N3O3S/c1-7(15)13-14-10(16)6-18-11-12-8-4-2-3-5-9(8)17-11/h2-5H,6H2,1H3,(H,13,15)(H,14,16). The van der Waals surface area contributed by atoms with Crippen molar-refractivity contribution in [3.63, 3.8) is 0 Å². The van der Waals surface area contributed by atoms with Crippen molar-refractivity contribution < 1.29 is 14.0 Å². The van der Waals surface area contributed by atoms with E-state index in [1.165, 1.54) is 6.92 Å². The molecule has 0 aliphatic carbocycles. The quantitative estimate of drug-likeness (QED) is 0.641. The molecule has 0 aliphatic rings. The highest BCUT2D eigenvalue weighted by Gasteiger charge is 2.08. The van der Waals surface area contributed by atoms with Crippen LogP contribution in [-0.4, -0.2) is 22.6 Å². The van der Waals surface area contributed by atoms with E-state index in [1.807, 2.05) is 24.3 Å². The van der Waals surface area contributed by atoms with Crippen LogP contribution in [0.4, 0.5) is 0 Å². The third kappa shape index (κ3) is 3.24. The van der Waals surface area contributed by atoms with E-state index in [0.717, 1.165) is 17.3 Å². The smallest absolute Gasteiger partial charge is 0.257 e. The van der Waals surface area contributed by atoms with E-state index in [2.05, 4.69) is 15.8 Å². The molecule has 0 radical (unpaired) electrons. The van der Waals surface area contributed by atoms with Crippen molar-refractivity contribution in [3.8, 4) is 0 Å². The van der Waals surface area contributed by atoms with Crippen molar-refractivity contribution in [1.82, 2.24) is 15.8 Å². The molecule has 1 aromatic heterocycles. The molecule has 2 aromatic rings. The maximum absolute atomic E-state index is 11.3. The van der Waals surface area contributed by atoms with Crippen molar-refractivity contribution in [2.24, 2.45) is 0 Å². The van der Waals surface area contributed by atoms with Crippen LogP contribution in [0.5, 0.6) is 0 Å². The molecule has 0 bridgehead atoms. The molecule has 0 unspecified atom stereocenters. The van der Waals surface area contributed by atoms with Crippen molar-refractivity contribution in [3.05, 3.63) is 24.3 Å². The van der Waals surface area contributed by atoms with E-state index in [4.69, 9.17) is 4.42 Å². The lowest BCUT2D eigenvalue weighted by Crippen LogP contribution is -2.41. The summed E-state index contributed by atoms with van der Waals surface area (Å²) in [5, 5.41) is 0.425. The number of amides is 2. The molecule has 2 rings (SSSR count). The average Bonchev–Trinajstić information content (AvgIpc) is 2.76. The van der Waals surface area contributed by atoms with Gasteiger partial charge in [0, 0.05) is 6.92 Å². The number of carbonyl (C=O) groups is 2. The predicted octanol–water partition coefficient (Wildman–Crippen LogP) is 1.09. The monoisotopic (exact) mass is 265 g/mol. The van der Waals surface area contributed by atoms with Crippen LogP contribution in [0.3, 0.4) is 0 Å². The summed E-state index contributed by atoms with van der Waals surface area (Å²) < 4.78 is 5.43. The first kappa shape index (κ1) is 12.4. The second-order valence-corrected chi connectivity index (χ2v) is 4.39. The second kappa shape index (κ2) is 5.54. The second-order valence-electron chi connectivity index (χ2n) is 3.47. The topological polar surface area (TPSA) is 84.2 Å². The largest absolute Gasteiger partial charge is 0.431 e. The SMILES string of the molecule is CC(=O)NNC(=O)CSc1nc2ccccc2o1. The van der Waals surface area contributed by atoms with Gasteiger partial charge in [-0.15, -0.1) is 0 Å². The summed E-state index contributed by atoms with van der Waals surface area (Å²) in [6, 6.07) is 7.36. The van der Waals surface area contributed by atoms with E-state index in [1.54, 1.807) is 0 Å². The fourth-order valence-corrected chi connectivity index (χ4v) is 1.87. The molecule has 0 saturated heterocycles. The van der Waals surface area contributed by atoms with E-state index in [0.29, 0.717) is 10.8 Å². The van der Waals surface area contributed by atoms with Gasteiger partial charge in [-0.3, -0.25) is 20.4 Å². The molecule has 2 amide bonds. The first-order valence-corrected chi connectivity index (χ1v) is 6.17. The Labute approximate surface area is 107 Å². The molecule has 0 spiro atoms. The van der Waals surface area contributed by atoms with Crippen LogP contribution >= 0.6 is 11.8 Å². The molecule has 0 fully saturated rings. The van der Waals surface area contributed by atoms with Gasteiger partial charge < -0.3 is 4.42 Å². The van der Waals surface area contributed by atoms with Gasteiger partial charge in [0.25, 0.3) is 5.22 Å². The van der Waals surface area contributed by atoms with Crippen LogP contribution in [-0.2, 0) is 9.59 Å². The molecular formula is C11H11N3O3S. The highest BCUT2D eigenvalue weighted by Crippen LogP contribution is 2.22. The van der Waals surface area contributed by atoms with Crippen LogP contribution in [0.25, 0.3) is 11.1 Å². The van der Waals surface area contributed by atoms with Gasteiger partial charge in [-0.05, 0) is 12.1 Å². The van der Waals surface area contributed by atoms with Gasteiger partial charge in [0.15, 0.2) is 5.58 Å². The zero-order chi connectivity index (χ0) is 13.0. The van der Waals surface area contributed by atoms with Gasteiger partial charge in [0.2, 0.25) is 11.8 Å². The molecule has 0 atom stereocenters. The van der Waals surface area contributed by atoms with Crippen LogP contribution in [0.2, 0.25) is 0 Å². The lowest BCUT2D eigenvalue weighted by Gasteiger charge is -2.02. The number of nitrogens with zero attached hydrogens (tertiary/aromatic N) is 1. The Morgan fingerprint density at radius 3 is 2.83 bits per heavy atom. The summed E-state index contributed by atoms with van der Waals surface area (Å²) in [5.41, 5.74) is 5.90. The van der Waals surface area contributed by atoms with Gasteiger partial charge >= 0.3 is 0 Å². The number of hydrogen-bond acceptors (Lipinski definition) is 5. The highest BCUT2D eigenvalue weighted by molar-refractivity contribution is 7.99. The van der Waals surface area contributed by atoms with E-state index in [-0.39, 0.29) is 17.6 Å². The first-order chi connectivity index (χ1) is 8.65. The number of fused-ring (bicyclic) bond motifs is 1. The minimum absolute atomic E-state index is 0.118. The Morgan fingerprint density at radius 2 is 2.11 bits per heavy atom. The molecule has 2 N–H and O–H groups in total. The van der Waals surface area contributed by atoms with Crippen molar-refractivity contribution >= 4 is 34.7 Å². The van der Waals surface area contributed by atoms with Crippen molar-refractivity contribution in [1.29, 1.82) is 0 Å². The third-order valence-corrected chi connectivity index (χ3v) is 2.81. The lowest BCUT2D eigenvalue weighted by atomic mass is 10.3. The summed E-state index contributed by atoms with van der Waals surface area (Å²) in [6.07, 6.45) is 0. The lowest BCUT2D eigenvalue weighted by molar-refractivity contribution is -0.126. The normalized spacial score (nSPS) is 10.3. The molecular weight excluding hydrogens is 254 g/mol. The molecule has 0 saturated carbocycles. The Hall–Kier alpha value is -2.02. The summed E-state index contributed by atoms with van der Waals surface area (Å²) in [5.74, 6) is -0.528. The van der Waals surface area contributed by atoms with Gasteiger partial charge in [-0.25, -0.2) is 4.98 Å². The van der Waals surface area contributed by atoms with Crippen LogP contribution in [0.15, 0.2) is 33.9 Å². The maximum atomic E-state index is 11.3. The number of benzene rings is 1. The van der Waals surface area contributed by atoms with Crippen LogP contribution < -0.4 is 10.9 Å². The van der Waals surface area contributed by atoms with Gasteiger partial charge in [-0.1, -0.05) is 23.9 Å². The summed E-state index contributed by atoms with van der Waals surface area (Å²) in [7, 11) is 0. The number of carbonyl (C=O) groups excluding carboxylic acids is 2. The fourth-order valence-electron chi connectivity index (χ4n) is 1.23. The van der Waals surface area contributed by atoms with Gasteiger partial charge in [0.05, 0.1) is 5.75 Å². The summed E-state index contributed by atoms with van der Waals surface area (Å²) >= 11 is 1.16. The van der Waals surface area contributed by atoms with Crippen molar-refractivity contribution in [2.45, 2.75) is 12.1 Å². The van der Waals surface area contributed by atoms with Crippen LogP contribution in [0, 0.1) is 0 Å². The number of hydrazine groups is 1. The zero-order valence-electron chi connectivity index (χ0n) is 9.60. The summed E-state index contributed by atoms with van der Waals surface area (Å²) in [6.45, 7) is 1.31. The Balaban J connectivity index is 1.90. The molecule has 94 valence electrons. The van der Waals surface area contributed by atoms with Gasteiger partial charge in [-0.2, -0.15) is 0 Å². The van der Waals surface area contributed by atoms with E-state index >= 15 is 0 Å². The first-order valence-electron chi connectivity index (χ1n) is 5.19.